The second-order valence-corrected chi connectivity index (χ2v) is 5.27. The molecule has 0 amide bonds. The van der Waals surface area contributed by atoms with Crippen molar-refractivity contribution >= 4 is 29.0 Å². The molecule has 0 aliphatic heterocycles. The largest absolute Gasteiger partial charge is 0.768 e. The number of hydrazone groups is 1. The van der Waals surface area contributed by atoms with Crippen LogP contribution in [0.1, 0.15) is 15.9 Å². The second kappa shape index (κ2) is 7.52. The molecule has 0 saturated heterocycles. The molecule has 0 spiro atoms. The molecule has 0 radical (unpaired) electrons. The van der Waals surface area contributed by atoms with E-state index in [-0.39, 0.29) is 16.1 Å². The summed E-state index contributed by atoms with van der Waals surface area (Å²) in [7, 11) is 1.44. The predicted molar refractivity (Wildman–Crippen MR) is 84.8 cm³/mol. The molecule has 120 valence electrons. The van der Waals surface area contributed by atoms with Gasteiger partial charge in [-0.05, 0) is 35.3 Å². The van der Waals surface area contributed by atoms with Crippen LogP contribution in [-0.2, 0) is 11.1 Å². The van der Waals surface area contributed by atoms with Gasteiger partial charge in [-0.2, -0.15) is 5.10 Å². The smallest absolute Gasteiger partial charge is 0.338 e. The van der Waals surface area contributed by atoms with E-state index in [1.54, 1.807) is 24.3 Å². The van der Waals surface area contributed by atoms with Crippen LogP contribution in [0.25, 0.3) is 0 Å². The summed E-state index contributed by atoms with van der Waals surface area (Å²) >= 11 is -2.38. The Labute approximate surface area is 134 Å². The average molecular weight is 333 g/mol. The van der Waals surface area contributed by atoms with Crippen molar-refractivity contribution in [2.45, 2.75) is 4.90 Å². The Balaban J connectivity index is 2.24. The summed E-state index contributed by atoms with van der Waals surface area (Å²) in [4.78, 5) is 11.3. The molecule has 8 heteroatoms. The molecule has 1 atom stereocenters. The zero-order chi connectivity index (χ0) is 16.8. The first-order valence-electron chi connectivity index (χ1n) is 6.41. The Kier molecular flexibility index (Phi) is 5.45. The maximum Gasteiger partial charge on any atom is 0.338 e. The first-order valence-corrected chi connectivity index (χ1v) is 7.49. The lowest BCUT2D eigenvalue weighted by molar-refractivity contribution is 0.0697. The normalized spacial score (nSPS) is 12.1. The third-order valence-corrected chi connectivity index (χ3v) is 3.68. The van der Waals surface area contributed by atoms with E-state index >= 15 is 0 Å². The summed E-state index contributed by atoms with van der Waals surface area (Å²) in [6.45, 7) is 0. The molecule has 0 saturated carbocycles. The maximum atomic E-state index is 11.2. The Morgan fingerprint density at radius 1 is 1.35 bits per heavy atom. The molecule has 1 unspecified atom stereocenters. The topological polar surface area (TPSA) is 111 Å². The van der Waals surface area contributed by atoms with Gasteiger partial charge in [0.05, 0.1) is 24.6 Å². The fourth-order valence-corrected chi connectivity index (χ4v) is 2.34. The molecule has 2 N–H and O–H groups in total. The van der Waals surface area contributed by atoms with Gasteiger partial charge in [-0.25, -0.2) is 4.79 Å². The van der Waals surface area contributed by atoms with Gasteiger partial charge in [0, 0.05) is 10.5 Å². The maximum absolute atomic E-state index is 11.2. The molecule has 2 rings (SSSR count). The van der Waals surface area contributed by atoms with Gasteiger partial charge in [-0.15, -0.1) is 0 Å². The lowest BCUT2D eigenvalue weighted by atomic mass is 10.1. The predicted octanol–water partition coefficient (Wildman–Crippen LogP) is 2.08. The highest BCUT2D eigenvalue weighted by Gasteiger charge is 2.11. The van der Waals surface area contributed by atoms with E-state index in [9.17, 15) is 18.7 Å². The highest BCUT2D eigenvalue weighted by molar-refractivity contribution is 7.79. The lowest BCUT2D eigenvalue weighted by Gasteiger charge is -2.09. The molecule has 0 fully saturated rings. The summed E-state index contributed by atoms with van der Waals surface area (Å²) in [5.41, 5.74) is 3.23. The minimum atomic E-state index is -2.38. The fourth-order valence-electron chi connectivity index (χ4n) is 1.84. The molecule has 0 aliphatic carbocycles. The van der Waals surface area contributed by atoms with Crippen molar-refractivity contribution < 1.29 is 23.4 Å². The summed E-state index contributed by atoms with van der Waals surface area (Å²) in [6.07, 6.45) is 1.31. The zero-order valence-electron chi connectivity index (χ0n) is 12.1. The molecule has 0 heterocycles. The summed E-state index contributed by atoms with van der Waals surface area (Å²) < 4.78 is 27.2. The van der Waals surface area contributed by atoms with Crippen LogP contribution in [0.3, 0.4) is 0 Å². The number of rotatable bonds is 6. The van der Waals surface area contributed by atoms with Crippen LogP contribution in [0.2, 0.25) is 0 Å². The minimum absolute atomic E-state index is 0.0119. The monoisotopic (exact) mass is 333 g/mol. The van der Waals surface area contributed by atoms with E-state index in [2.05, 4.69) is 10.5 Å². The summed E-state index contributed by atoms with van der Waals surface area (Å²) in [5.74, 6) is -0.730. The van der Waals surface area contributed by atoms with Gasteiger partial charge in [0.15, 0.2) is 0 Å². The molecule has 7 nitrogen and oxygen atoms in total. The molecule has 0 bridgehead atoms. The van der Waals surface area contributed by atoms with Crippen LogP contribution in [0.5, 0.6) is 5.75 Å². The van der Waals surface area contributed by atoms with Crippen LogP contribution in [0.4, 0.5) is 5.69 Å². The van der Waals surface area contributed by atoms with Crippen LogP contribution < -0.4 is 10.2 Å². The standard InChI is InChI=1S/C15H14N2O5S/c1-22-11-6-7-13(12(8-11)15(18)19)17-16-9-10-4-2-3-5-14(10)23(20)21/h2-9,17H,1H3,(H,18,19)(H,20,21)/p-1/b16-9+. The fraction of sp³-hybridized carbons (Fsp3) is 0.0667. The van der Waals surface area contributed by atoms with E-state index in [0.717, 1.165) is 0 Å². The van der Waals surface area contributed by atoms with Crippen LogP contribution in [-0.4, -0.2) is 33.2 Å². The number of anilines is 1. The van der Waals surface area contributed by atoms with Crippen LogP contribution in [0.15, 0.2) is 52.5 Å². The third kappa shape index (κ3) is 4.15. The number of methoxy groups -OCH3 is 1. The number of carboxylic acids is 1. The van der Waals surface area contributed by atoms with Gasteiger partial charge in [0.2, 0.25) is 0 Å². The number of aromatic carboxylic acids is 1. The molecular weight excluding hydrogens is 320 g/mol. The number of nitrogens with one attached hydrogen (secondary N) is 1. The van der Waals surface area contributed by atoms with Crippen molar-refractivity contribution in [3.8, 4) is 5.75 Å². The Bertz CT molecular complexity index is 776. The van der Waals surface area contributed by atoms with Crippen LogP contribution in [0, 0.1) is 0 Å². The lowest BCUT2D eigenvalue weighted by Crippen LogP contribution is -2.03. The Hall–Kier alpha value is -2.71. The van der Waals surface area contributed by atoms with E-state index in [0.29, 0.717) is 11.3 Å². The zero-order valence-corrected chi connectivity index (χ0v) is 12.9. The van der Waals surface area contributed by atoms with Crippen molar-refractivity contribution in [3.63, 3.8) is 0 Å². The number of benzene rings is 2. The van der Waals surface area contributed by atoms with E-state index in [1.165, 1.54) is 31.5 Å². The molecular formula is C15H13N2O5S-. The number of hydrogen-bond acceptors (Lipinski definition) is 6. The van der Waals surface area contributed by atoms with Gasteiger partial charge in [-0.1, -0.05) is 18.2 Å². The van der Waals surface area contributed by atoms with Crippen molar-refractivity contribution in [2.75, 3.05) is 12.5 Å². The molecule has 0 aliphatic rings. The van der Waals surface area contributed by atoms with Crippen LogP contribution >= 0.6 is 0 Å². The van der Waals surface area contributed by atoms with Gasteiger partial charge < -0.3 is 14.4 Å². The molecule has 2 aromatic carbocycles. The van der Waals surface area contributed by atoms with E-state index in [4.69, 9.17) is 4.74 Å². The van der Waals surface area contributed by atoms with Gasteiger partial charge >= 0.3 is 5.97 Å². The first-order chi connectivity index (χ1) is 11.0. The van der Waals surface area contributed by atoms with Crippen molar-refractivity contribution in [2.24, 2.45) is 5.10 Å². The van der Waals surface area contributed by atoms with Crippen molar-refractivity contribution in [3.05, 3.63) is 53.6 Å². The quantitative estimate of drug-likeness (QED) is 0.475. The highest BCUT2D eigenvalue weighted by atomic mass is 32.2. The van der Waals surface area contributed by atoms with E-state index < -0.39 is 17.0 Å². The summed E-state index contributed by atoms with van der Waals surface area (Å²) in [5, 5.41) is 13.1. The van der Waals surface area contributed by atoms with Gasteiger partial charge in [0.1, 0.15) is 5.75 Å². The third-order valence-electron chi connectivity index (χ3n) is 2.94. The molecule has 23 heavy (non-hydrogen) atoms. The van der Waals surface area contributed by atoms with Crippen molar-refractivity contribution in [1.29, 1.82) is 0 Å². The minimum Gasteiger partial charge on any atom is -0.768 e. The Morgan fingerprint density at radius 2 is 2.09 bits per heavy atom. The highest BCUT2D eigenvalue weighted by Crippen LogP contribution is 2.22. The average Bonchev–Trinajstić information content (AvgIpc) is 2.55. The summed E-state index contributed by atoms with van der Waals surface area (Å²) in [6, 6.07) is 10.8. The number of carboxylic acid groups (broad SMARTS) is 1. The molecule has 0 aromatic heterocycles. The van der Waals surface area contributed by atoms with E-state index in [1.807, 2.05) is 0 Å². The molecule has 2 aromatic rings. The second-order valence-electron chi connectivity index (χ2n) is 4.36. The van der Waals surface area contributed by atoms with Gasteiger partial charge in [-0.3, -0.25) is 9.63 Å². The van der Waals surface area contributed by atoms with Crippen molar-refractivity contribution in [1.82, 2.24) is 0 Å². The number of hydrogen-bond donors (Lipinski definition) is 2. The first kappa shape index (κ1) is 16.7. The number of carbonyl (C=O) groups is 1. The number of nitrogens with zero attached hydrogens (tertiary/aromatic N) is 1. The Morgan fingerprint density at radius 3 is 2.74 bits per heavy atom. The number of ether oxygens (including phenoxy) is 1. The SMILES string of the molecule is COc1ccc(N/N=C/c2ccccc2S(=O)[O-])c(C(=O)O)c1. The van der Waals surface area contributed by atoms with Gasteiger partial charge in [0.25, 0.3) is 0 Å².